The van der Waals surface area contributed by atoms with Gasteiger partial charge >= 0.3 is 0 Å². The number of fused-ring (bicyclic) bond motifs is 1. The highest BCUT2D eigenvalue weighted by atomic mass is 19.2. The number of nitrogen functional groups attached to an aromatic ring is 1. The molecule has 1 aromatic heterocycles. The van der Waals surface area contributed by atoms with Gasteiger partial charge in [0.05, 0.1) is 11.6 Å². The minimum Gasteiger partial charge on any atom is -0.381 e. The molecule has 2 N–H and O–H groups in total. The summed E-state index contributed by atoms with van der Waals surface area (Å²) >= 11 is 0. The molecule has 0 amide bonds. The molecule has 19 heavy (non-hydrogen) atoms. The molecule has 1 heterocycles. The van der Waals surface area contributed by atoms with Gasteiger partial charge < -0.3 is 15.0 Å². The number of nitrogens with zero attached hydrogens (tertiary/aromatic N) is 2. The predicted octanol–water partition coefficient (Wildman–Crippen LogP) is 2.64. The highest BCUT2D eigenvalue weighted by molar-refractivity contribution is 5.79. The van der Waals surface area contributed by atoms with Crippen molar-refractivity contribution in [3.05, 3.63) is 23.8 Å². The van der Waals surface area contributed by atoms with E-state index in [4.69, 9.17) is 10.5 Å². The van der Waals surface area contributed by atoms with Gasteiger partial charge in [-0.05, 0) is 31.4 Å². The van der Waals surface area contributed by atoms with Crippen LogP contribution in [0.3, 0.4) is 0 Å². The quantitative estimate of drug-likeness (QED) is 0.910. The summed E-state index contributed by atoms with van der Waals surface area (Å²) in [5, 5.41) is 0. The standard InChI is InChI=1S/C13H15F2N3O/c1-19-8-3-2-7(6-8)18-12-10(17-13(18)16)5-4-9(14)11(12)15/h4-5,7-8H,2-3,6H2,1H3,(H2,16,17). The van der Waals surface area contributed by atoms with E-state index < -0.39 is 11.6 Å². The van der Waals surface area contributed by atoms with E-state index in [1.54, 1.807) is 11.7 Å². The van der Waals surface area contributed by atoms with Crippen molar-refractivity contribution in [2.75, 3.05) is 12.8 Å². The van der Waals surface area contributed by atoms with Gasteiger partial charge in [0, 0.05) is 13.2 Å². The van der Waals surface area contributed by atoms with Crippen LogP contribution < -0.4 is 5.73 Å². The average molecular weight is 267 g/mol. The minimum atomic E-state index is -0.887. The number of anilines is 1. The first kappa shape index (κ1) is 12.3. The minimum absolute atomic E-state index is 0.00579. The molecule has 0 saturated heterocycles. The Morgan fingerprint density at radius 1 is 1.37 bits per heavy atom. The van der Waals surface area contributed by atoms with Crippen LogP contribution in [-0.4, -0.2) is 22.8 Å². The van der Waals surface area contributed by atoms with Crippen molar-refractivity contribution < 1.29 is 13.5 Å². The van der Waals surface area contributed by atoms with E-state index in [0.717, 1.165) is 25.3 Å². The number of methoxy groups -OCH3 is 1. The van der Waals surface area contributed by atoms with E-state index in [0.29, 0.717) is 5.52 Å². The fourth-order valence-electron chi connectivity index (χ4n) is 2.88. The molecule has 1 aliphatic rings. The molecule has 1 saturated carbocycles. The molecule has 0 aliphatic heterocycles. The van der Waals surface area contributed by atoms with Crippen LogP contribution in [0.1, 0.15) is 25.3 Å². The third-order valence-electron chi connectivity index (χ3n) is 3.83. The summed E-state index contributed by atoms with van der Waals surface area (Å²) in [7, 11) is 1.66. The van der Waals surface area contributed by atoms with Crippen LogP contribution in [0.15, 0.2) is 12.1 Å². The molecule has 3 rings (SSSR count). The zero-order valence-electron chi connectivity index (χ0n) is 10.6. The summed E-state index contributed by atoms with van der Waals surface area (Å²) < 4.78 is 34.3. The predicted molar refractivity (Wildman–Crippen MR) is 67.7 cm³/mol. The van der Waals surface area contributed by atoms with Gasteiger partial charge in [-0.1, -0.05) is 0 Å². The molecule has 2 aromatic rings. The van der Waals surface area contributed by atoms with Crippen LogP contribution in [0, 0.1) is 11.6 Å². The first-order valence-corrected chi connectivity index (χ1v) is 6.26. The maximum atomic E-state index is 14.0. The summed E-state index contributed by atoms with van der Waals surface area (Å²) in [5.41, 5.74) is 6.40. The van der Waals surface area contributed by atoms with Gasteiger partial charge in [-0.25, -0.2) is 13.8 Å². The lowest BCUT2D eigenvalue weighted by Crippen LogP contribution is -2.12. The normalized spacial score (nSPS) is 23.3. The lowest BCUT2D eigenvalue weighted by atomic mass is 10.2. The van der Waals surface area contributed by atoms with Gasteiger partial charge in [-0.15, -0.1) is 0 Å². The summed E-state index contributed by atoms with van der Waals surface area (Å²) in [5.74, 6) is -1.54. The molecule has 2 unspecified atom stereocenters. The number of hydrogen-bond donors (Lipinski definition) is 1. The molecular weight excluding hydrogens is 252 g/mol. The van der Waals surface area contributed by atoms with E-state index in [2.05, 4.69) is 4.98 Å². The number of halogens is 2. The van der Waals surface area contributed by atoms with Crippen molar-refractivity contribution in [3.8, 4) is 0 Å². The van der Waals surface area contributed by atoms with Crippen molar-refractivity contribution >= 4 is 17.0 Å². The third-order valence-corrected chi connectivity index (χ3v) is 3.83. The molecule has 6 heteroatoms. The average Bonchev–Trinajstić information content (AvgIpc) is 2.97. The fourth-order valence-corrected chi connectivity index (χ4v) is 2.88. The molecule has 102 valence electrons. The van der Waals surface area contributed by atoms with Crippen LogP contribution in [-0.2, 0) is 4.74 Å². The van der Waals surface area contributed by atoms with Crippen molar-refractivity contribution in [1.29, 1.82) is 0 Å². The molecule has 0 radical (unpaired) electrons. The second kappa shape index (κ2) is 4.45. The molecular formula is C13H15F2N3O. The summed E-state index contributed by atoms with van der Waals surface area (Å²) in [6.45, 7) is 0. The summed E-state index contributed by atoms with van der Waals surface area (Å²) in [4.78, 5) is 4.10. The lowest BCUT2D eigenvalue weighted by molar-refractivity contribution is 0.106. The van der Waals surface area contributed by atoms with E-state index in [9.17, 15) is 8.78 Å². The zero-order chi connectivity index (χ0) is 13.6. The van der Waals surface area contributed by atoms with Gasteiger partial charge in [0.1, 0.15) is 5.52 Å². The maximum Gasteiger partial charge on any atom is 0.201 e. The Hall–Kier alpha value is -1.69. The number of imidazole rings is 1. The van der Waals surface area contributed by atoms with Crippen molar-refractivity contribution in [2.24, 2.45) is 0 Å². The zero-order valence-corrected chi connectivity index (χ0v) is 10.6. The van der Waals surface area contributed by atoms with E-state index in [1.807, 2.05) is 0 Å². The van der Waals surface area contributed by atoms with E-state index >= 15 is 0 Å². The molecule has 1 aliphatic carbocycles. The van der Waals surface area contributed by atoms with Gasteiger partial charge in [-0.3, -0.25) is 0 Å². The van der Waals surface area contributed by atoms with Gasteiger partial charge in [0.15, 0.2) is 11.6 Å². The Kier molecular flexibility index (Phi) is 2.89. The molecule has 1 aromatic carbocycles. The van der Waals surface area contributed by atoms with Crippen LogP contribution in [0.2, 0.25) is 0 Å². The topological polar surface area (TPSA) is 53.1 Å². The van der Waals surface area contributed by atoms with E-state index in [1.165, 1.54) is 6.07 Å². The van der Waals surface area contributed by atoms with Gasteiger partial charge in [0.2, 0.25) is 5.95 Å². The number of hydrogen-bond acceptors (Lipinski definition) is 3. The van der Waals surface area contributed by atoms with Crippen LogP contribution in [0.5, 0.6) is 0 Å². The first-order chi connectivity index (χ1) is 9.11. The highest BCUT2D eigenvalue weighted by Crippen LogP contribution is 2.36. The Morgan fingerprint density at radius 3 is 2.84 bits per heavy atom. The van der Waals surface area contributed by atoms with Gasteiger partial charge in [0.25, 0.3) is 0 Å². The second-order valence-corrected chi connectivity index (χ2v) is 4.89. The Labute approximate surface area is 109 Å². The lowest BCUT2D eigenvalue weighted by Gasteiger charge is -2.15. The van der Waals surface area contributed by atoms with E-state index in [-0.39, 0.29) is 23.6 Å². The molecule has 0 bridgehead atoms. The van der Waals surface area contributed by atoms with Crippen LogP contribution in [0.4, 0.5) is 14.7 Å². The third kappa shape index (κ3) is 1.87. The maximum absolute atomic E-state index is 14.0. The number of rotatable bonds is 2. The molecule has 0 spiro atoms. The smallest absolute Gasteiger partial charge is 0.201 e. The number of aromatic nitrogens is 2. The SMILES string of the molecule is COC1CCC(n2c(N)nc3ccc(F)c(F)c32)C1. The molecule has 2 atom stereocenters. The van der Waals surface area contributed by atoms with Crippen molar-refractivity contribution in [1.82, 2.24) is 9.55 Å². The number of benzene rings is 1. The highest BCUT2D eigenvalue weighted by Gasteiger charge is 2.29. The van der Waals surface area contributed by atoms with Crippen molar-refractivity contribution in [3.63, 3.8) is 0 Å². The summed E-state index contributed by atoms with van der Waals surface area (Å²) in [6, 6.07) is 2.52. The van der Waals surface area contributed by atoms with Crippen LogP contribution >= 0.6 is 0 Å². The summed E-state index contributed by atoms with van der Waals surface area (Å²) in [6.07, 6.45) is 2.59. The van der Waals surface area contributed by atoms with Gasteiger partial charge in [-0.2, -0.15) is 0 Å². The Morgan fingerprint density at radius 2 is 2.16 bits per heavy atom. The molecule has 4 nitrogen and oxygen atoms in total. The monoisotopic (exact) mass is 267 g/mol. The second-order valence-electron chi connectivity index (χ2n) is 4.89. The Bertz CT molecular complexity index is 626. The fraction of sp³-hybridized carbons (Fsp3) is 0.462. The van der Waals surface area contributed by atoms with Crippen molar-refractivity contribution in [2.45, 2.75) is 31.4 Å². The number of nitrogens with two attached hydrogens (primary N) is 1. The Balaban J connectivity index is 2.13. The largest absolute Gasteiger partial charge is 0.381 e. The first-order valence-electron chi connectivity index (χ1n) is 6.26. The number of ether oxygens (including phenoxy) is 1. The van der Waals surface area contributed by atoms with Crippen LogP contribution in [0.25, 0.3) is 11.0 Å². The molecule has 1 fully saturated rings.